The zero-order chi connectivity index (χ0) is 17.0. The summed E-state index contributed by atoms with van der Waals surface area (Å²) < 4.78 is 10.9. The van der Waals surface area contributed by atoms with Gasteiger partial charge < -0.3 is 14.6 Å². The van der Waals surface area contributed by atoms with Gasteiger partial charge in [-0.25, -0.2) is 0 Å². The first kappa shape index (κ1) is 20.4. The van der Waals surface area contributed by atoms with Crippen molar-refractivity contribution in [3.05, 3.63) is 0 Å². The molecule has 0 aromatic heterocycles. The SMILES string of the molecule is CCCCCCCC(=O)OCC1(COC(O)CCCCC)CC1. The van der Waals surface area contributed by atoms with E-state index < -0.39 is 6.29 Å². The Labute approximate surface area is 141 Å². The van der Waals surface area contributed by atoms with Gasteiger partial charge in [-0.3, -0.25) is 4.79 Å². The molecular formula is C19H36O4. The number of hydrogen-bond acceptors (Lipinski definition) is 4. The standard InChI is InChI=1S/C19H36O4/c1-3-5-7-8-10-12-18(21)23-16-19(13-14-19)15-22-17(20)11-9-6-4-2/h17,20H,3-16H2,1-2H3. The van der Waals surface area contributed by atoms with Gasteiger partial charge in [0, 0.05) is 11.8 Å². The van der Waals surface area contributed by atoms with Crippen LogP contribution in [0.5, 0.6) is 0 Å². The zero-order valence-electron chi connectivity index (χ0n) is 15.1. The molecule has 4 heteroatoms. The normalized spacial score (nSPS) is 17.0. The van der Waals surface area contributed by atoms with Crippen molar-refractivity contribution in [3.63, 3.8) is 0 Å². The largest absolute Gasteiger partial charge is 0.465 e. The quantitative estimate of drug-likeness (QED) is 0.271. The van der Waals surface area contributed by atoms with E-state index in [4.69, 9.17) is 9.47 Å². The minimum absolute atomic E-state index is 0.0242. The monoisotopic (exact) mass is 328 g/mol. The summed E-state index contributed by atoms with van der Waals surface area (Å²) in [7, 11) is 0. The van der Waals surface area contributed by atoms with E-state index in [1.807, 2.05) is 0 Å². The van der Waals surface area contributed by atoms with Gasteiger partial charge in [-0.1, -0.05) is 52.4 Å². The summed E-state index contributed by atoms with van der Waals surface area (Å²) in [6.07, 6.45) is 11.6. The first-order chi connectivity index (χ1) is 11.1. The molecule has 0 spiro atoms. The predicted molar refractivity (Wildman–Crippen MR) is 92.1 cm³/mol. The summed E-state index contributed by atoms with van der Waals surface area (Å²) in [5.41, 5.74) is -0.0242. The van der Waals surface area contributed by atoms with Crippen LogP contribution in [0.25, 0.3) is 0 Å². The molecule has 1 fully saturated rings. The molecule has 0 heterocycles. The Hall–Kier alpha value is -0.610. The molecule has 0 saturated heterocycles. The second-order valence-electron chi connectivity index (χ2n) is 7.09. The van der Waals surface area contributed by atoms with E-state index in [0.717, 1.165) is 44.9 Å². The predicted octanol–water partition coefficient (Wildman–Crippen LogP) is 4.59. The lowest BCUT2D eigenvalue weighted by Gasteiger charge is -2.18. The van der Waals surface area contributed by atoms with Crippen LogP contribution in [0.3, 0.4) is 0 Å². The minimum Gasteiger partial charge on any atom is -0.465 e. The highest BCUT2D eigenvalue weighted by atomic mass is 16.6. The second kappa shape index (κ2) is 11.9. The van der Waals surface area contributed by atoms with Crippen LogP contribution in [0.2, 0.25) is 0 Å². The third kappa shape index (κ3) is 9.98. The van der Waals surface area contributed by atoms with Gasteiger partial charge in [-0.15, -0.1) is 0 Å². The van der Waals surface area contributed by atoms with E-state index in [9.17, 15) is 9.90 Å². The van der Waals surface area contributed by atoms with E-state index in [2.05, 4.69) is 13.8 Å². The van der Waals surface area contributed by atoms with Crippen LogP contribution in [0.15, 0.2) is 0 Å². The lowest BCUT2D eigenvalue weighted by atomic mass is 10.1. The van der Waals surface area contributed by atoms with Gasteiger partial charge in [0.1, 0.15) is 0 Å². The fraction of sp³-hybridized carbons (Fsp3) is 0.947. The molecule has 1 saturated carbocycles. The molecule has 0 amide bonds. The Bertz CT molecular complexity index is 312. The van der Waals surface area contributed by atoms with Crippen LogP contribution in [-0.2, 0) is 14.3 Å². The number of unbranched alkanes of at least 4 members (excludes halogenated alkanes) is 6. The Morgan fingerprint density at radius 1 is 1.00 bits per heavy atom. The van der Waals surface area contributed by atoms with Crippen molar-refractivity contribution in [1.29, 1.82) is 0 Å². The summed E-state index contributed by atoms with van der Waals surface area (Å²) >= 11 is 0. The number of aliphatic hydroxyl groups is 1. The van der Waals surface area contributed by atoms with Crippen molar-refractivity contribution in [3.8, 4) is 0 Å². The minimum atomic E-state index is -0.673. The highest BCUT2D eigenvalue weighted by molar-refractivity contribution is 5.69. The van der Waals surface area contributed by atoms with Crippen molar-refractivity contribution in [2.75, 3.05) is 13.2 Å². The highest BCUT2D eigenvalue weighted by Crippen LogP contribution is 2.46. The van der Waals surface area contributed by atoms with Crippen LogP contribution in [0, 0.1) is 5.41 Å². The number of rotatable bonds is 15. The number of aliphatic hydroxyl groups excluding tert-OH is 1. The third-order valence-electron chi connectivity index (χ3n) is 4.62. The molecule has 4 nitrogen and oxygen atoms in total. The smallest absolute Gasteiger partial charge is 0.305 e. The van der Waals surface area contributed by atoms with Crippen LogP contribution >= 0.6 is 0 Å². The molecule has 0 aliphatic heterocycles. The van der Waals surface area contributed by atoms with E-state index >= 15 is 0 Å². The molecule has 0 aromatic carbocycles. The molecule has 1 unspecified atom stereocenters. The lowest BCUT2D eigenvalue weighted by Crippen LogP contribution is -2.24. The van der Waals surface area contributed by atoms with Gasteiger partial charge in [-0.05, 0) is 32.1 Å². The summed E-state index contributed by atoms with van der Waals surface area (Å²) in [5, 5.41) is 9.80. The lowest BCUT2D eigenvalue weighted by molar-refractivity contribution is -0.150. The van der Waals surface area contributed by atoms with Crippen LogP contribution in [0.1, 0.15) is 90.9 Å². The Morgan fingerprint density at radius 2 is 1.65 bits per heavy atom. The molecule has 1 rings (SSSR count). The van der Waals surface area contributed by atoms with Gasteiger partial charge in [0.2, 0.25) is 0 Å². The fourth-order valence-corrected chi connectivity index (χ4v) is 2.61. The van der Waals surface area contributed by atoms with E-state index in [1.54, 1.807) is 0 Å². The Kier molecular flexibility index (Phi) is 10.5. The van der Waals surface area contributed by atoms with Crippen molar-refractivity contribution < 1.29 is 19.4 Å². The second-order valence-corrected chi connectivity index (χ2v) is 7.09. The maximum atomic E-state index is 11.8. The van der Waals surface area contributed by atoms with Crippen molar-refractivity contribution >= 4 is 5.97 Å². The van der Waals surface area contributed by atoms with Crippen LogP contribution < -0.4 is 0 Å². The Balaban J connectivity index is 2.05. The van der Waals surface area contributed by atoms with Crippen molar-refractivity contribution in [1.82, 2.24) is 0 Å². The molecule has 136 valence electrons. The van der Waals surface area contributed by atoms with Crippen LogP contribution in [0.4, 0.5) is 0 Å². The van der Waals surface area contributed by atoms with Gasteiger partial charge in [0.05, 0.1) is 13.2 Å². The average molecular weight is 328 g/mol. The van der Waals surface area contributed by atoms with Gasteiger partial charge >= 0.3 is 5.97 Å². The number of esters is 1. The van der Waals surface area contributed by atoms with Gasteiger partial charge in [0.15, 0.2) is 6.29 Å². The molecule has 1 aliphatic rings. The summed E-state index contributed by atoms with van der Waals surface area (Å²) in [6, 6.07) is 0. The van der Waals surface area contributed by atoms with E-state index in [0.29, 0.717) is 26.1 Å². The maximum Gasteiger partial charge on any atom is 0.305 e. The molecule has 1 atom stereocenters. The zero-order valence-corrected chi connectivity index (χ0v) is 15.1. The summed E-state index contributed by atoms with van der Waals surface area (Å²) in [5.74, 6) is -0.0868. The first-order valence-electron chi connectivity index (χ1n) is 9.57. The van der Waals surface area contributed by atoms with Crippen LogP contribution in [-0.4, -0.2) is 30.6 Å². The molecule has 1 N–H and O–H groups in total. The Morgan fingerprint density at radius 3 is 2.30 bits per heavy atom. The number of carbonyl (C=O) groups excluding carboxylic acids is 1. The van der Waals surface area contributed by atoms with Crippen molar-refractivity contribution in [2.24, 2.45) is 5.41 Å². The number of hydrogen-bond donors (Lipinski definition) is 1. The third-order valence-corrected chi connectivity index (χ3v) is 4.62. The van der Waals surface area contributed by atoms with E-state index in [1.165, 1.54) is 19.3 Å². The molecule has 1 aliphatic carbocycles. The molecule has 0 radical (unpaired) electrons. The topological polar surface area (TPSA) is 55.8 Å². The molecule has 0 aromatic rings. The first-order valence-corrected chi connectivity index (χ1v) is 9.57. The number of carbonyl (C=O) groups is 1. The fourth-order valence-electron chi connectivity index (χ4n) is 2.61. The average Bonchev–Trinajstić information content (AvgIpc) is 3.32. The van der Waals surface area contributed by atoms with Gasteiger partial charge in [-0.2, -0.15) is 0 Å². The molecule has 0 bridgehead atoms. The van der Waals surface area contributed by atoms with Gasteiger partial charge in [0.25, 0.3) is 0 Å². The van der Waals surface area contributed by atoms with E-state index in [-0.39, 0.29) is 11.4 Å². The molecule has 23 heavy (non-hydrogen) atoms. The molecular weight excluding hydrogens is 292 g/mol. The number of ether oxygens (including phenoxy) is 2. The maximum absolute atomic E-state index is 11.8. The van der Waals surface area contributed by atoms with Crippen molar-refractivity contribution in [2.45, 2.75) is 97.2 Å². The summed E-state index contributed by atoms with van der Waals surface area (Å²) in [4.78, 5) is 11.8. The summed E-state index contributed by atoms with van der Waals surface area (Å²) in [6.45, 7) is 5.28. The highest BCUT2D eigenvalue weighted by Gasteiger charge is 2.44.